The fourth-order valence-corrected chi connectivity index (χ4v) is 3.64. The molecule has 7 nitrogen and oxygen atoms in total. The molecule has 1 saturated heterocycles. The van der Waals surface area contributed by atoms with Gasteiger partial charge < -0.3 is 10.1 Å². The Kier molecular flexibility index (Phi) is 5.76. The summed E-state index contributed by atoms with van der Waals surface area (Å²) < 4.78 is 27.1. The number of amides is 1. The number of carbonyl (C=O) groups is 2. The summed E-state index contributed by atoms with van der Waals surface area (Å²) in [5.74, 6) is -1.13. The van der Waals surface area contributed by atoms with E-state index in [0.29, 0.717) is 6.42 Å². The molecule has 0 saturated carbocycles. The molecule has 1 heterocycles. The Morgan fingerprint density at radius 2 is 2.16 bits per heavy atom. The Bertz CT molecular complexity index is 480. The summed E-state index contributed by atoms with van der Waals surface area (Å²) in [6.07, 6.45) is 0.677. The van der Waals surface area contributed by atoms with Crippen LogP contribution in [0.5, 0.6) is 0 Å². The maximum Gasteiger partial charge on any atom is 0.306 e. The number of carbonyl (C=O) groups excluding carboxylic acids is 2. The van der Waals surface area contributed by atoms with Gasteiger partial charge in [0.05, 0.1) is 24.0 Å². The molecule has 106 valence electrons. The average Bonchev–Trinajstić information content (AvgIpc) is 2.66. The molecule has 8 heteroatoms. The Morgan fingerprint density at radius 1 is 1.42 bits per heavy atom. The van der Waals surface area contributed by atoms with Crippen molar-refractivity contribution >= 4 is 21.7 Å². The zero-order valence-corrected chi connectivity index (χ0v) is 11.2. The van der Waals surface area contributed by atoms with Crippen LogP contribution in [0.3, 0.4) is 0 Å². The minimum atomic E-state index is -3.00. The van der Waals surface area contributed by atoms with Crippen LogP contribution in [0, 0.1) is 17.2 Å². The summed E-state index contributed by atoms with van der Waals surface area (Å²) in [6.45, 7) is -0.183. The molecule has 0 aromatic rings. The third-order valence-corrected chi connectivity index (χ3v) is 4.54. The monoisotopic (exact) mass is 288 g/mol. The van der Waals surface area contributed by atoms with Crippen LogP contribution in [-0.4, -0.2) is 45.0 Å². The number of nitriles is 1. The molecule has 0 aromatic heterocycles. The maximum atomic E-state index is 11.4. The molecule has 1 fully saturated rings. The lowest BCUT2D eigenvalue weighted by molar-refractivity contribution is -0.149. The predicted octanol–water partition coefficient (Wildman–Crippen LogP) is -0.616. The number of nitrogens with zero attached hydrogens (tertiary/aromatic N) is 1. The Labute approximate surface area is 111 Å². The van der Waals surface area contributed by atoms with E-state index in [1.165, 1.54) is 0 Å². The zero-order valence-electron chi connectivity index (χ0n) is 10.4. The fourth-order valence-electron chi connectivity index (χ4n) is 1.78. The van der Waals surface area contributed by atoms with Gasteiger partial charge in [-0.3, -0.25) is 9.59 Å². The van der Waals surface area contributed by atoms with Gasteiger partial charge >= 0.3 is 5.97 Å². The van der Waals surface area contributed by atoms with Crippen molar-refractivity contribution in [1.29, 1.82) is 5.26 Å². The van der Waals surface area contributed by atoms with Crippen LogP contribution >= 0.6 is 0 Å². The highest BCUT2D eigenvalue weighted by Crippen LogP contribution is 2.21. The van der Waals surface area contributed by atoms with E-state index >= 15 is 0 Å². The normalized spacial score (nSPS) is 20.5. The molecule has 0 bridgehead atoms. The van der Waals surface area contributed by atoms with E-state index in [9.17, 15) is 18.0 Å². The van der Waals surface area contributed by atoms with Crippen molar-refractivity contribution in [2.45, 2.75) is 19.3 Å². The molecule has 1 rings (SSSR count). The van der Waals surface area contributed by atoms with Crippen LogP contribution in [0.1, 0.15) is 19.3 Å². The molecule has 0 radical (unpaired) electrons. The number of nitrogens with one attached hydrogen (secondary N) is 1. The molecule has 1 amide bonds. The van der Waals surface area contributed by atoms with Crippen LogP contribution in [0.2, 0.25) is 0 Å². The number of hydrogen-bond donors (Lipinski definition) is 1. The van der Waals surface area contributed by atoms with Gasteiger partial charge in [0, 0.05) is 13.0 Å². The lowest BCUT2D eigenvalue weighted by Gasteiger charge is -2.08. The smallest absolute Gasteiger partial charge is 0.306 e. The van der Waals surface area contributed by atoms with Crippen molar-refractivity contribution in [3.63, 3.8) is 0 Å². The first-order valence-corrected chi connectivity index (χ1v) is 7.75. The molecule has 1 unspecified atom stereocenters. The van der Waals surface area contributed by atoms with Gasteiger partial charge in [-0.15, -0.1) is 0 Å². The van der Waals surface area contributed by atoms with Gasteiger partial charge in [0.15, 0.2) is 16.4 Å². The van der Waals surface area contributed by atoms with E-state index in [1.54, 1.807) is 0 Å². The second-order valence-electron chi connectivity index (χ2n) is 4.39. The standard InChI is InChI=1S/C11H16N2O5S/c12-3-1-4-13-10(14)7-18-11(15)6-9-2-5-19(16,17)8-9/h9H,1-2,4-8H2,(H,13,14). The van der Waals surface area contributed by atoms with Crippen LogP contribution in [0.25, 0.3) is 0 Å². The second kappa shape index (κ2) is 7.09. The van der Waals surface area contributed by atoms with E-state index in [-0.39, 0.29) is 36.8 Å². The third kappa shape index (κ3) is 6.20. The van der Waals surface area contributed by atoms with E-state index < -0.39 is 28.3 Å². The first-order chi connectivity index (χ1) is 8.93. The van der Waals surface area contributed by atoms with E-state index in [1.807, 2.05) is 6.07 Å². The first kappa shape index (κ1) is 15.4. The van der Waals surface area contributed by atoms with E-state index in [2.05, 4.69) is 5.32 Å². The van der Waals surface area contributed by atoms with E-state index in [4.69, 9.17) is 10.00 Å². The fraction of sp³-hybridized carbons (Fsp3) is 0.727. The third-order valence-electron chi connectivity index (χ3n) is 2.71. The summed E-state index contributed by atoms with van der Waals surface area (Å²) in [5.41, 5.74) is 0. The Balaban J connectivity index is 2.18. The van der Waals surface area contributed by atoms with Crippen molar-refractivity contribution in [2.24, 2.45) is 5.92 Å². The van der Waals surface area contributed by atoms with Gasteiger partial charge in [0.1, 0.15) is 0 Å². The van der Waals surface area contributed by atoms with Gasteiger partial charge in [-0.25, -0.2) is 8.42 Å². The zero-order chi connectivity index (χ0) is 14.3. The number of ether oxygens (including phenoxy) is 1. The SMILES string of the molecule is N#CCCNC(=O)COC(=O)CC1CCS(=O)(=O)C1. The molecule has 0 aromatic carbocycles. The maximum absolute atomic E-state index is 11.4. The molecular weight excluding hydrogens is 272 g/mol. The topological polar surface area (TPSA) is 113 Å². The quantitative estimate of drug-likeness (QED) is 0.515. The first-order valence-electron chi connectivity index (χ1n) is 5.92. The van der Waals surface area contributed by atoms with Crippen LogP contribution < -0.4 is 5.32 Å². The minimum absolute atomic E-state index is 0.0104. The lowest BCUT2D eigenvalue weighted by atomic mass is 10.1. The highest BCUT2D eigenvalue weighted by molar-refractivity contribution is 7.91. The van der Waals surface area contributed by atoms with Crippen molar-refractivity contribution in [3.8, 4) is 6.07 Å². The number of sulfone groups is 1. The largest absolute Gasteiger partial charge is 0.456 e. The Morgan fingerprint density at radius 3 is 2.74 bits per heavy atom. The summed E-state index contributed by atoms with van der Waals surface area (Å²) in [5, 5.41) is 10.7. The average molecular weight is 288 g/mol. The minimum Gasteiger partial charge on any atom is -0.456 e. The molecule has 1 atom stereocenters. The lowest BCUT2D eigenvalue weighted by Crippen LogP contribution is -2.29. The van der Waals surface area contributed by atoms with Gasteiger partial charge in [-0.05, 0) is 12.3 Å². The molecule has 1 aliphatic heterocycles. The van der Waals surface area contributed by atoms with Crippen molar-refractivity contribution in [2.75, 3.05) is 24.7 Å². The molecular formula is C11H16N2O5S. The number of hydrogen-bond acceptors (Lipinski definition) is 6. The summed E-state index contributed by atoms with van der Waals surface area (Å²) >= 11 is 0. The van der Waals surface area contributed by atoms with Crippen molar-refractivity contribution < 1.29 is 22.7 Å². The molecule has 0 spiro atoms. The summed E-state index contributed by atoms with van der Waals surface area (Å²) in [7, 11) is -3.00. The van der Waals surface area contributed by atoms with Crippen LogP contribution in [-0.2, 0) is 24.2 Å². The number of rotatable bonds is 6. The van der Waals surface area contributed by atoms with Gasteiger partial charge in [0.2, 0.25) is 0 Å². The second-order valence-corrected chi connectivity index (χ2v) is 6.62. The molecule has 19 heavy (non-hydrogen) atoms. The van der Waals surface area contributed by atoms with Crippen LogP contribution in [0.15, 0.2) is 0 Å². The molecule has 0 aliphatic carbocycles. The van der Waals surface area contributed by atoms with Crippen molar-refractivity contribution in [3.05, 3.63) is 0 Å². The highest BCUT2D eigenvalue weighted by Gasteiger charge is 2.29. The molecule has 1 aliphatic rings. The van der Waals surface area contributed by atoms with Gasteiger partial charge in [-0.1, -0.05) is 0 Å². The van der Waals surface area contributed by atoms with Crippen molar-refractivity contribution in [1.82, 2.24) is 5.32 Å². The van der Waals surface area contributed by atoms with E-state index in [0.717, 1.165) is 0 Å². The molecule has 1 N–H and O–H groups in total. The Hall–Kier alpha value is -1.62. The summed E-state index contributed by atoms with van der Waals surface area (Å²) in [6, 6.07) is 1.86. The highest BCUT2D eigenvalue weighted by atomic mass is 32.2. The number of esters is 1. The predicted molar refractivity (Wildman–Crippen MR) is 65.6 cm³/mol. The van der Waals surface area contributed by atoms with Gasteiger partial charge in [0.25, 0.3) is 5.91 Å². The van der Waals surface area contributed by atoms with Gasteiger partial charge in [-0.2, -0.15) is 5.26 Å². The summed E-state index contributed by atoms with van der Waals surface area (Å²) in [4.78, 5) is 22.6. The van der Waals surface area contributed by atoms with Crippen LogP contribution in [0.4, 0.5) is 0 Å².